The van der Waals surface area contributed by atoms with Crippen LogP contribution in [0.25, 0.3) is 0 Å². The first-order valence-corrected chi connectivity index (χ1v) is 5.70. The van der Waals surface area contributed by atoms with Crippen molar-refractivity contribution in [2.45, 2.75) is 19.9 Å². The van der Waals surface area contributed by atoms with Gasteiger partial charge in [0.05, 0.1) is 17.6 Å². The van der Waals surface area contributed by atoms with Gasteiger partial charge in [0.25, 0.3) is 5.91 Å². The van der Waals surface area contributed by atoms with Gasteiger partial charge in [-0.2, -0.15) is 10.2 Å². The van der Waals surface area contributed by atoms with Crippen LogP contribution in [0.4, 0.5) is 5.69 Å². The van der Waals surface area contributed by atoms with E-state index in [-0.39, 0.29) is 11.6 Å². The minimum atomic E-state index is -0.268. The Morgan fingerprint density at radius 3 is 3.00 bits per heavy atom. The summed E-state index contributed by atoms with van der Waals surface area (Å²) in [7, 11) is 1.86. The second kappa shape index (κ2) is 4.91. The third kappa shape index (κ3) is 2.34. The maximum atomic E-state index is 11.8. The number of amides is 1. The number of aryl methyl sites for hydroxylation is 2. The molecule has 2 rings (SSSR count). The average Bonchev–Trinajstić information content (AvgIpc) is 2.92. The molecule has 0 atom stereocenters. The quantitative estimate of drug-likeness (QED) is 0.720. The molecule has 4 N–H and O–H groups in total. The molecule has 0 bridgehead atoms. The predicted octanol–water partition coefficient (Wildman–Crippen LogP) is 0.218. The van der Waals surface area contributed by atoms with Crippen LogP contribution in [0, 0.1) is 0 Å². The summed E-state index contributed by atoms with van der Waals surface area (Å²) in [5.41, 5.74) is 8.22. The van der Waals surface area contributed by atoms with Gasteiger partial charge in [-0.3, -0.25) is 14.6 Å². The number of nitrogens with one attached hydrogen (secondary N) is 2. The Labute approximate surface area is 104 Å². The number of nitrogens with two attached hydrogens (primary N) is 1. The lowest BCUT2D eigenvalue weighted by Crippen LogP contribution is -2.24. The molecule has 0 aliphatic carbocycles. The molecule has 0 spiro atoms. The first-order chi connectivity index (χ1) is 8.61. The maximum Gasteiger partial charge on any atom is 0.271 e. The lowest BCUT2D eigenvalue weighted by Gasteiger charge is -2.03. The van der Waals surface area contributed by atoms with Crippen molar-refractivity contribution >= 4 is 11.6 Å². The van der Waals surface area contributed by atoms with E-state index < -0.39 is 0 Å². The number of anilines is 1. The molecule has 96 valence electrons. The van der Waals surface area contributed by atoms with Gasteiger partial charge in [0, 0.05) is 25.4 Å². The van der Waals surface area contributed by atoms with Crippen LogP contribution in [0.15, 0.2) is 12.4 Å². The molecule has 0 saturated carbocycles. The smallest absolute Gasteiger partial charge is 0.271 e. The van der Waals surface area contributed by atoms with E-state index in [2.05, 4.69) is 20.6 Å². The summed E-state index contributed by atoms with van der Waals surface area (Å²) < 4.78 is 1.74. The molecule has 0 aromatic carbocycles. The van der Waals surface area contributed by atoms with Crippen molar-refractivity contribution in [2.75, 3.05) is 5.73 Å². The van der Waals surface area contributed by atoms with E-state index in [1.807, 2.05) is 20.2 Å². The zero-order valence-corrected chi connectivity index (χ0v) is 10.4. The molecular formula is C11H16N6O. The molecule has 2 heterocycles. The molecule has 0 radical (unpaired) electrons. The number of H-pyrrole nitrogens is 1. The number of nitrogens with zero attached hydrogens (tertiary/aromatic N) is 3. The molecule has 0 saturated heterocycles. The summed E-state index contributed by atoms with van der Waals surface area (Å²) in [5, 5.41) is 13.4. The third-order valence-corrected chi connectivity index (χ3v) is 2.66. The Bertz CT molecular complexity index is 556. The number of nitrogen functional groups attached to an aromatic ring is 1. The van der Waals surface area contributed by atoms with Gasteiger partial charge >= 0.3 is 0 Å². The first kappa shape index (κ1) is 12.2. The SMILES string of the molecule is CCc1nn(C)cc1CNC(=O)c1[nH]ncc1N. The maximum absolute atomic E-state index is 11.8. The van der Waals surface area contributed by atoms with E-state index in [1.165, 1.54) is 6.20 Å². The molecule has 2 aromatic rings. The highest BCUT2D eigenvalue weighted by Gasteiger charge is 2.12. The molecule has 7 nitrogen and oxygen atoms in total. The van der Waals surface area contributed by atoms with Crippen molar-refractivity contribution in [3.8, 4) is 0 Å². The van der Waals surface area contributed by atoms with Crippen molar-refractivity contribution in [1.29, 1.82) is 0 Å². The van der Waals surface area contributed by atoms with Gasteiger partial charge in [-0.1, -0.05) is 6.92 Å². The number of rotatable bonds is 4. The molecule has 2 aromatic heterocycles. The molecule has 18 heavy (non-hydrogen) atoms. The monoisotopic (exact) mass is 248 g/mol. The Morgan fingerprint density at radius 1 is 1.61 bits per heavy atom. The third-order valence-electron chi connectivity index (χ3n) is 2.66. The van der Waals surface area contributed by atoms with Crippen molar-refractivity contribution < 1.29 is 4.79 Å². The minimum Gasteiger partial charge on any atom is -0.396 e. The summed E-state index contributed by atoms with van der Waals surface area (Å²) in [6, 6.07) is 0. The van der Waals surface area contributed by atoms with Gasteiger partial charge in [-0.15, -0.1) is 0 Å². The zero-order valence-electron chi connectivity index (χ0n) is 10.4. The normalized spacial score (nSPS) is 10.6. The van der Waals surface area contributed by atoms with E-state index >= 15 is 0 Å². The van der Waals surface area contributed by atoms with Crippen LogP contribution < -0.4 is 11.1 Å². The lowest BCUT2D eigenvalue weighted by molar-refractivity contribution is 0.0946. The second-order valence-corrected chi connectivity index (χ2v) is 4.01. The van der Waals surface area contributed by atoms with Crippen molar-refractivity contribution in [3.05, 3.63) is 29.3 Å². The van der Waals surface area contributed by atoms with Crippen LogP contribution in [-0.4, -0.2) is 25.9 Å². The number of aromatic amines is 1. The summed E-state index contributed by atoms with van der Waals surface area (Å²) >= 11 is 0. The average molecular weight is 248 g/mol. The fourth-order valence-electron chi connectivity index (χ4n) is 1.77. The number of aromatic nitrogens is 4. The Morgan fingerprint density at radius 2 is 2.39 bits per heavy atom. The van der Waals surface area contributed by atoms with E-state index in [9.17, 15) is 4.79 Å². The highest BCUT2D eigenvalue weighted by molar-refractivity contribution is 5.96. The van der Waals surface area contributed by atoms with Crippen LogP contribution in [0.5, 0.6) is 0 Å². The van der Waals surface area contributed by atoms with Crippen molar-refractivity contribution in [3.63, 3.8) is 0 Å². The Kier molecular flexibility index (Phi) is 3.31. The molecule has 0 fully saturated rings. The van der Waals surface area contributed by atoms with Gasteiger partial charge < -0.3 is 11.1 Å². The number of carbonyl (C=O) groups is 1. The van der Waals surface area contributed by atoms with Crippen LogP contribution in [0.1, 0.15) is 28.7 Å². The molecule has 0 unspecified atom stereocenters. The molecule has 1 amide bonds. The fraction of sp³-hybridized carbons (Fsp3) is 0.364. The van der Waals surface area contributed by atoms with Crippen molar-refractivity contribution in [2.24, 2.45) is 7.05 Å². The first-order valence-electron chi connectivity index (χ1n) is 5.70. The summed E-state index contributed by atoms with van der Waals surface area (Å²) in [4.78, 5) is 11.8. The van der Waals surface area contributed by atoms with Crippen LogP contribution in [0.2, 0.25) is 0 Å². The highest BCUT2D eigenvalue weighted by Crippen LogP contribution is 2.09. The van der Waals surface area contributed by atoms with Gasteiger partial charge in [0.15, 0.2) is 0 Å². The van der Waals surface area contributed by atoms with E-state index in [0.717, 1.165) is 17.7 Å². The van der Waals surface area contributed by atoms with Gasteiger partial charge in [0.1, 0.15) is 5.69 Å². The zero-order chi connectivity index (χ0) is 13.1. The Balaban J connectivity index is 2.03. The summed E-state index contributed by atoms with van der Waals surface area (Å²) in [6.07, 6.45) is 4.14. The second-order valence-electron chi connectivity index (χ2n) is 4.01. The molecular weight excluding hydrogens is 232 g/mol. The summed E-state index contributed by atoms with van der Waals surface area (Å²) in [6.45, 7) is 2.45. The Hall–Kier alpha value is -2.31. The van der Waals surface area contributed by atoms with E-state index in [0.29, 0.717) is 12.2 Å². The van der Waals surface area contributed by atoms with Gasteiger partial charge in [-0.25, -0.2) is 0 Å². The highest BCUT2D eigenvalue weighted by atomic mass is 16.1. The summed E-state index contributed by atoms with van der Waals surface area (Å²) in [5.74, 6) is -0.268. The standard InChI is InChI=1S/C11H16N6O/c1-3-9-7(6-17(2)16-9)4-13-11(18)10-8(12)5-14-15-10/h5-6H,3-4,12H2,1-2H3,(H,13,18)(H,14,15). The molecule has 7 heteroatoms. The number of hydrogen-bond acceptors (Lipinski definition) is 4. The van der Waals surface area contributed by atoms with Gasteiger partial charge in [0.2, 0.25) is 0 Å². The lowest BCUT2D eigenvalue weighted by atomic mass is 10.2. The fourth-order valence-corrected chi connectivity index (χ4v) is 1.77. The topological polar surface area (TPSA) is 102 Å². The van der Waals surface area contributed by atoms with E-state index in [1.54, 1.807) is 4.68 Å². The van der Waals surface area contributed by atoms with Crippen LogP contribution in [0.3, 0.4) is 0 Å². The molecule has 0 aliphatic heterocycles. The largest absolute Gasteiger partial charge is 0.396 e. The van der Waals surface area contributed by atoms with E-state index in [4.69, 9.17) is 5.73 Å². The minimum absolute atomic E-state index is 0.268. The van der Waals surface area contributed by atoms with Crippen LogP contribution >= 0.6 is 0 Å². The molecule has 0 aliphatic rings. The van der Waals surface area contributed by atoms with Crippen molar-refractivity contribution in [1.82, 2.24) is 25.3 Å². The number of hydrogen-bond donors (Lipinski definition) is 3. The van der Waals surface area contributed by atoms with Crippen LogP contribution in [-0.2, 0) is 20.0 Å². The predicted molar refractivity (Wildman–Crippen MR) is 66.8 cm³/mol. The number of carbonyl (C=O) groups excluding carboxylic acids is 1. The van der Waals surface area contributed by atoms with Gasteiger partial charge in [-0.05, 0) is 6.42 Å².